The van der Waals surface area contributed by atoms with Crippen LogP contribution in [0.1, 0.15) is 25.0 Å². The SMILES string of the molecule is CCc1cc(Br)ccc1CC(C)O. The van der Waals surface area contributed by atoms with Gasteiger partial charge in [0.2, 0.25) is 0 Å². The number of aryl methyl sites for hydroxylation is 1. The van der Waals surface area contributed by atoms with E-state index in [4.69, 9.17) is 0 Å². The van der Waals surface area contributed by atoms with Crippen LogP contribution in [0.4, 0.5) is 0 Å². The molecule has 0 radical (unpaired) electrons. The lowest BCUT2D eigenvalue weighted by Crippen LogP contribution is -2.06. The van der Waals surface area contributed by atoms with Crippen molar-refractivity contribution in [3.05, 3.63) is 33.8 Å². The van der Waals surface area contributed by atoms with Gasteiger partial charge in [0.05, 0.1) is 6.10 Å². The summed E-state index contributed by atoms with van der Waals surface area (Å²) in [6, 6.07) is 6.23. The molecule has 0 saturated heterocycles. The molecule has 0 bridgehead atoms. The molecule has 72 valence electrons. The molecule has 1 N–H and O–H groups in total. The van der Waals surface area contributed by atoms with Crippen LogP contribution in [0.3, 0.4) is 0 Å². The van der Waals surface area contributed by atoms with Gasteiger partial charge in [-0.1, -0.05) is 28.9 Å². The Labute approximate surface area is 87.9 Å². The van der Waals surface area contributed by atoms with Crippen LogP contribution in [0.15, 0.2) is 22.7 Å². The molecule has 1 rings (SSSR count). The van der Waals surface area contributed by atoms with Crippen LogP contribution in [0, 0.1) is 0 Å². The first kappa shape index (κ1) is 10.7. The van der Waals surface area contributed by atoms with Crippen LogP contribution >= 0.6 is 15.9 Å². The molecule has 0 saturated carbocycles. The first-order valence-corrected chi connectivity index (χ1v) is 5.38. The van der Waals surface area contributed by atoms with Crippen molar-refractivity contribution in [2.75, 3.05) is 0 Å². The van der Waals surface area contributed by atoms with E-state index in [1.165, 1.54) is 11.1 Å². The van der Waals surface area contributed by atoms with E-state index in [0.717, 1.165) is 17.3 Å². The van der Waals surface area contributed by atoms with Crippen molar-refractivity contribution in [1.29, 1.82) is 0 Å². The molecule has 1 aromatic carbocycles. The van der Waals surface area contributed by atoms with E-state index in [-0.39, 0.29) is 6.10 Å². The van der Waals surface area contributed by atoms with E-state index in [1.807, 2.05) is 13.0 Å². The highest BCUT2D eigenvalue weighted by Gasteiger charge is 2.04. The highest BCUT2D eigenvalue weighted by atomic mass is 79.9. The Morgan fingerprint density at radius 3 is 2.62 bits per heavy atom. The monoisotopic (exact) mass is 242 g/mol. The van der Waals surface area contributed by atoms with Crippen LogP contribution in [-0.4, -0.2) is 11.2 Å². The average Bonchev–Trinajstić information content (AvgIpc) is 2.07. The number of halogens is 1. The Morgan fingerprint density at radius 1 is 1.38 bits per heavy atom. The molecule has 1 atom stereocenters. The number of hydrogen-bond donors (Lipinski definition) is 1. The predicted octanol–water partition coefficient (Wildman–Crippen LogP) is 2.93. The number of aliphatic hydroxyl groups is 1. The van der Waals surface area contributed by atoms with E-state index >= 15 is 0 Å². The Kier molecular flexibility index (Phi) is 3.94. The normalized spacial score (nSPS) is 12.9. The summed E-state index contributed by atoms with van der Waals surface area (Å²) in [4.78, 5) is 0. The van der Waals surface area contributed by atoms with Gasteiger partial charge < -0.3 is 5.11 Å². The summed E-state index contributed by atoms with van der Waals surface area (Å²) in [5.74, 6) is 0. The van der Waals surface area contributed by atoms with Gasteiger partial charge in [0.25, 0.3) is 0 Å². The molecular formula is C11H15BrO. The van der Waals surface area contributed by atoms with E-state index in [1.54, 1.807) is 0 Å². The smallest absolute Gasteiger partial charge is 0.0552 e. The molecule has 0 fully saturated rings. The van der Waals surface area contributed by atoms with Crippen molar-refractivity contribution in [3.8, 4) is 0 Å². The highest BCUT2D eigenvalue weighted by Crippen LogP contribution is 2.18. The summed E-state index contributed by atoms with van der Waals surface area (Å²) in [5, 5.41) is 9.28. The summed E-state index contributed by atoms with van der Waals surface area (Å²) in [6.07, 6.45) is 1.50. The predicted molar refractivity (Wildman–Crippen MR) is 58.9 cm³/mol. The van der Waals surface area contributed by atoms with Crippen molar-refractivity contribution in [2.24, 2.45) is 0 Å². The summed E-state index contributed by atoms with van der Waals surface area (Å²) in [5.41, 5.74) is 2.57. The number of rotatable bonds is 3. The highest BCUT2D eigenvalue weighted by molar-refractivity contribution is 9.10. The first-order chi connectivity index (χ1) is 6.13. The zero-order valence-electron chi connectivity index (χ0n) is 8.05. The molecule has 0 aliphatic rings. The topological polar surface area (TPSA) is 20.2 Å². The largest absolute Gasteiger partial charge is 0.393 e. The van der Waals surface area contributed by atoms with Crippen LogP contribution in [0.25, 0.3) is 0 Å². The summed E-state index contributed by atoms with van der Waals surface area (Å²) in [6.45, 7) is 3.95. The van der Waals surface area contributed by atoms with E-state index < -0.39 is 0 Å². The van der Waals surface area contributed by atoms with Crippen LogP contribution < -0.4 is 0 Å². The lowest BCUT2D eigenvalue weighted by Gasteiger charge is -2.09. The third kappa shape index (κ3) is 3.12. The quantitative estimate of drug-likeness (QED) is 0.865. The molecule has 2 heteroatoms. The molecule has 0 spiro atoms. The zero-order chi connectivity index (χ0) is 9.84. The van der Waals surface area contributed by atoms with Crippen molar-refractivity contribution in [2.45, 2.75) is 32.8 Å². The van der Waals surface area contributed by atoms with Crippen LogP contribution in [-0.2, 0) is 12.8 Å². The fraction of sp³-hybridized carbons (Fsp3) is 0.455. The Balaban J connectivity index is 2.92. The average molecular weight is 243 g/mol. The summed E-state index contributed by atoms with van der Waals surface area (Å²) < 4.78 is 1.11. The van der Waals surface area contributed by atoms with Gasteiger partial charge in [0.15, 0.2) is 0 Å². The van der Waals surface area contributed by atoms with Gasteiger partial charge >= 0.3 is 0 Å². The molecule has 0 heterocycles. The number of hydrogen-bond acceptors (Lipinski definition) is 1. The van der Waals surface area contributed by atoms with Gasteiger partial charge in [0, 0.05) is 4.47 Å². The molecule has 0 aliphatic heterocycles. The Morgan fingerprint density at radius 2 is 2.08 bits per heavy atom. The van der Waals surface area contributed by atoms with Crippen molar-refractivity contribution in [3.63, 3.8) is 0 Å². The van der Waals surface area contributed by atoms with Crippen molar-refractivity contribution in [1.82, 2.24) is 0 Å². The first-order valence-electron chi connectivity index (χ1n) is 4.59. The third-order valence-corrected chi connectivity index (χ3v) is 2.56. The molecule has 1 nitrogen and oxygen atoms in total. The molecule has 0 aliphatic carbocycles. The summed E-state index contributed by atoms with van der Waals surface area (Å²) in [7, 11) is 0. The minimum absolute atomic E-state index is 0.258. The fourth-order valence-corrected chi connectivity index (χ4v) is 1.85. The van der Waals surface area contributed by atoms with E-state index in [2.05, 4.69) is 35.0 Å². The van der Waals surface area contributed by atoms with Crippen LogP contribution in [0.5, 0.6) is 0 Å². The lowest BCUT2D eigenvalue weighted by molar-refractivity contribution is 0.195. The van der Waals surface area contributed by atoms with Crippen molar-refractivity contribution < 1.29 is 5.11 Å². The molecule has 0 aromatic heterocycles. The minimum atomic E-state index is -0.258. The second kappa shape index (κ2) is 4.77. The maximum absolute atomic E-state index is 9.28. The lowest BCUT2D eigenvalue weighted by atomic mass is 10.0. The Bertz CT molecular complexity index is 281. The second-order valence-corrected chi connectivity index (χ2v) is 4.24. The van der Waals surface area contributed by atoms with Gasteiger partial charge in [-0.2, -0.15) is 0 Å². The number of benzene rings is 1. The second-order valence-electron chi connectivity index (χ2n) is 3.32. The van der Waals surface area contributed by atoms with Gasteiger partial charge in [-0.15, -0.1) is 0 Å². The van der Waals surface area contributed by atoms with Crippen molar-refractivity contribution >= 4 is 15.9 Å². The van der Waals surface area contributed by atoms with Gasteiger partial charge in [-0.05, 0) is 43.0 Å². The fourth-order valence-electron chi connectivity index (χ4n) is 1.44. The van der Waals surface area contributed by atoms with Gasteiger partial charge in [-0.25, -0.2) is 0 Å². The summed E-state index contributed by atoms with van der Waals surface area (Å²) >= 11 is 3.44. The molecular weight excluding hydrogens is 228 g/mol. The minimum Gasteiger partial charge on any atom is -0.393 e. The maximum Gasteiger partial charge on any atom is 0.0552 e. The molecule has 1 unspecified atom stereocenters. The molecule has 0 amide bonds. The van der Waals surface area contributed by atoms with E-state index in [9.17, 15) is 5.11 Å². The number of aliphatic hydroxyl groups excluding tert-OH is 1. The third-order valence-electron chi connectivity index (χ3n) is 2.06. The van der Waals surface area contributed by atoms with Gasteiger partial charge in [-0.3, -0.25) is 0 Å². The standard InChI is InChI=1S/C11H15BrO/c1-3-9-7-11(12)5-4-10(9)6-8(2)13/h4-5,7-8,13H,3,6H2,1-2H3. The van der Waals surface area contributed by atoms with Gasteiger partial charge in [0.1, 0.15) is 0 Å². The molecule has 1 aromatic rings. The zero-order valence-corrected chi connectivity index (χ0v) is 9.63. The Hall–Kier alpha value is -0.340. The van der Waals surface area contributed by atoms with E-state index in [0.29, 0.717) is 0 Å². The van der Waals surface area contributed by atoms with Crippen LogP contribution in [0.2, 0.25) is 0 Å². The molecule has 13 heavy (non-hydrogen) atoms. The maximum atomic E-state index is 9.28.